The molecule has 134 valence electrons. The first-order valence-electron chi connectivity index (χ1n) is 9.39. The smallest absolute Gasteiger partial charge is 0.231 e. The first-order valence-corrected chi connectivity index (χ1v) is 9.39. The predicted octanol–water partition coefficient (Wildman–Crippen LogP) is 5.89. The molecule has 0 N–H and O–H groups in total. The van der Waals surface area contributed by atoms with E-state index in [1.165, 1.54) is 0 Å². The van der Waals surface area contributed by atoms with Crippen molar-refractivity contribution in [1.82, 2.24) is 0 Å². The van der Waals surface area contributed by atoms with E-state index in [4.69, 9.17) is 0 Å². The highest BCUT2D eigenvalue weighted by Gasteiger charge is 2.31. The fraction of sp³-hybridized carbons (Fsp3) is 0.160. The Morgan fingerprint density at radius 2 is 1.37 bits per heavy atom. The summed E-state index contributed by atoms with van der Waals surface area (Å²) in [6.07, 6.45) is 1.30. The molecule has 4 rings (SSSR count). The van der Waals surface area contributed by atoms with Gasteiger partial charge in [0.15, 0.2) is 0 Å². The number of anilines is 1. The number of hydrogen-bond donors (Lipinski definition) is 0. The molecule has 0 atom stereocenters. The molecule has 1 heterocycles. The van der Waals surface area contributed by atoms with Crippen LogP contribution in [-0.4, -0.2) is 5.91 Å². The van der Waals surface area contributed by atoms with Crippen molar-refractivity contribution in [2.24, 2.45) is 0 Å². The molecule has 0 saturated carbocycles. The number of nitrogens with zero attached hydrogens (tertiary/aromatic N) is 1. The first-order chi connectivity index (χ1) is 13.1. The van der Waals surface area contributed by atoms with Gasteiger partial charge in [0.05, 0.1) is 5.69 Å². The molecule has 1 fully saturated rings. The lowest BCUT2D eigenvalue weighted by Crippen LogP contribution is -2.24. The van der Waals surface area contributed by atoms with Crippen LogP contribution in [0.4, 0.5) is 5.69 Å². The summed E-state index contributed by atoms with van der Waals surface area (Å²) in [7, 11) is 0. The van der Waals surface area contributed by atoms with Crippen LogP contribution in [0.5, 0.6) is 0 Å². The average Bonchev–Trinajstić information content (AvgIpc) is 3.07. The second kappa shape index (κ2) is 7.24. The zero-order valence-corrected chi connectivity index (χ0v) is 15.8. The molecule has 0 unspecified atom stereocenters. The number of aryl methyl sites for hydroxylation is 2. The van der Waals surface area contributed by atoms with E-state index in [0.717, 1.165) is 45.6 Å². The molecule has 0 aromatic heterocycles. The monoisotopic (exact) mass is 353 g/mol. The molecule has 1 amide bonds. The number of allylic oxidation sites excluding steroid dienone is 1. The standard InChI is InChI=1S/C25H23NO/c1-18-13-14-19(2)23(17-18)26-22(15-16-24(26)27)25(20-9-5-3-6-10-20)21-11-7-4-8-12-21/h3-14,17H,15-16H2,1-2H3. The zero-order valence-electron chi connectivity index (χ0n) is 15.8. The molecule has 1 aliphatic rings. The van der Waals surface area contributed by atoms with Crippen LogP contribution >= 0.6 is 0 Å². The Morgan fingerprint density at radius 3 is 1.96 bits per heavy atom. The second-order valence-corrected chi connectivity index (χ2v) is 7.07. The molecule has 0 aliphatic carbocycles. The van der Waals surface area contributed by atoms with Gasteiger partial charge in [0, 0.05) is 17.7 Å². The van der Waals surface area contributed by atoms with E-state index in [9.17, 15) is 4.79 Å². The molecule has 2 heteroatoms. The number of amides is 1. The van der Waals surface area contributed by atoms with Gasteiger partial charge < -0.3 is 0 Å². The lowest BCUT2D eigenvalue weighted by molar-refractivity contribution is -0.116. The van der Waals surface area contributed by atoms with Crippen molar-refractivity contribution >= 4 is 17.2 Å². The van der Waals surface area contributed by atoms with Gasteiger partial charge in [-0.25, -0.2) is 0 Å². The summed E-state index contributed by atoms with van der Waals surface area (Å²) >= 11 is 0. The molecule has 0 spiro atoms. The summed E-state index contributed by atoms with van der Waals surface area (Å²) in [6, 6.07) is 27.1. The lowest BCUT2D eigenvalue weighted by atomic mass is 9.94. The molecule has 1 aliphatic heterocycles. The van der Waals surface area contributed by atoms with Crippen LogP contribution in [0.25, 0.3) is 5.57 Å². The van der Waals surface area contributed by atoms with E-state index < -0.39 is 0 Å². The van der Waals surface area contributed by atoms with Crippen molar-refractivity contribution in [2.75, 3.05) is 4.90 Å². The topological polar surface area (TPSA) is 20.3 Å². The molecular weight excluding hydrogens is 330 g/mol. The minimum absolute atomic E-state index is 0.170. The van der Waals surface area contributed by atoms with Crippen molar-refractivity contribution < 1.29 is 4.79 Å². The molecule has 0 bridgehead atoms. The number of hydrogen-bond acceptors (Lipinski definition) is 1. The molecule has 0 radical (unpaired) electrons. The Labute approximate surface area is 160 Å². The molecule has 2 nitrogen and oxygen atoms in total. The van der Waals surface area contributed by atoms with Crippen LogP contribution < -0.4 is 4.90 Å². The molecule has 27 heavy (non-hydrogen) atoms. The van der Waals surface area contributed by atoms with E-state index in [-0.39, 0.29) is 5.91 Å². The number of benzene rings is 3. The van der Waals surface area contributed by atoms with E-state index in [0.29, 0.717) is 6.42 Å². The van der Waals surface area contributed by atoms with Crippen molar-refractivity contribution in [3.63, 3.8) is 0 Å². The first kappa shape index (κ1) is 17.3. The van der Waals surface area contributed by atoms with Gasteiger partial charge in [-0.05, 0) is 48.6 Å². The zero-order chi connectivity index (χ0) is 18.8. The second-order valence-electron chi connectivity index (χ2n) is 7.07. The third kappa shape index (κ3) is 3.31. The number of rotatable bonds is 3. The van der Waals surface area contributed by atoms with E-state index >= 15 is 0 Å². The van der Waals surface area contributed by atoms with Crippen LogP contribution in [0.2, 0.25) is 0 Å². The summed E-state index contributed by atoms with van der Waals surface area (Å²) < 4.78 is 0. The van der Waals surface area contributed by atoms with Gasteiger partial charge in [0.1, 0.15) is 0 Å². The SMILES string of the molecule is Cc1ccc(C)c(N2C(=O)CCC2=C(c2ccccc2)c2ccccc2)c1. The van der Waals surface area contributed by atoms with E-state index in [2.05, 4.69) is 80.6 Å². The van der Waals surface area contributed by atoms with Crippen LogP contribution in [0.1, 0.15) is 35.1 Å². The third-order valence-corrected chi connectivity index (χ3v) is 5.11. The van der Waals surface area contributed by atoms with Crippen LogP contribution in [0.3, 0.4) is 0 Å². The third-order valence-electron chi connectivity index (χ3n) is 5.11. The van der Waals surface area contributed by atoms with Crippen molar-refractivity contribution in [3.05, 3.63) is 107 Å². The largest absolute Gasteiger partial charge is 0.284 e. The van der Waals surface area contributed by atoms with Crippen LogP contribution in [0.15, 0.2) is 84.6 Å². The molecule has 3 aromatic rings. The van der Waals surface area contributed by atoms with E-state index in [1.807, 2.05) is 17.0 Å². The van der Waals surface area contributed by atoms with Gasteiger partial charge in [-0.3, -0.25) is 9.69 Å². The van der Waals surface area contributed by atoms with Crippen LogP contribution in [-0.2, 0) is 4.79 Å². The van der Waals surface area contributed by atoms with Gasteiger partial charge in [-0.2, -0.15) is 0 Å². The van der Waals surface area contributed by atoms with Gasteiger partial charge in [-0.15, -0.1) is 0 Å². The Bertz CT molecular complexity index is 962. The quantitative estimate of drug-likeness (QED) is 0.575. The van der Waals surface area contributed by atoms with Gasteiger partial charge in [-0.1, -0.05) is 72.8 Å². The minimum Gasteiger partial charge on any atom is -0.284 e. The summed E-state index contributed by atoms with van der Waals surface area (Å²) in [5.74, 6) is 0.170. The lowest BCUT2D eigenvalue weighted by Gasteiger charge is -2.24. The molecule has 1 saturated heterocycles. The van der Waals surface area contributed by atoms with Gasteiger partial charge in [0.25, 0.3) is 0 Å². The fourth-order valence-electron chi connectivity index (χ4n) is 3.79. The maximum atomic E-state index is 12.9. The summed E-state index contributed by atoms with van der Waals surface area (Å²) in [6.45, 7) is 4.14. The van der Waals surface area contributed by atoms with Gasteiger partial charge in [0.2, 0.25) is 5.91 Å². The Morgan fingerprint density at radius 1 is 0.778 bits per heavy atom. The normalized spacial score (nSPS) is 13.9. The average molecular weight is 353 g/mol. The maximum Gasteiger partial charge on any atom is 0.231 e. The highest BCUT2D eigenvalue weighted by atomic mass is 16.2. The van der Waals surface area contributed by atoms with Crippen molar-refractivity contribution in [3.8, 4) is 0 Å². The number of carbonyl (C=O) groups excluding carboxylic acids is 1. The fourth-order valence-corrected chi connectivity index (χ4v) is 3.79. The molecule has 3 aromatic carbocycles. The Kier molecular flexibility index (Phi) is 4.64. The van der Waals surface area contributed by atoms with Crippen molar-refractivity contribution in [2.45, 2.75) is 26.7 Å². The van der Waals surface area contributed by atoms with E-state index in [1.54, 1.807) is 0 Å². The maximum absolute atomic E-state index is 12.9. The number of carbonyl (C=O) groups is 1. The Hall–Kier alpha value is -3.13. The summed E-state index contributed by atoms with van der Waals surface area (Å²) in [5.41, 5.74) is 7.79. The predicted molar refractivity (Wildman–Crippen MR) is 112 cm³/mol. The van der Waals surface area contributed by atoms with Crippen molar-refractivity contribution in [1.29, 1.82) is 0 Å². The summed E-state index contributed by atoms with van der Waals surface area (Å²) in [4.78, 5) is 14.8. The highest BCUT2D eigenvalue weighted by molar-refractivity contribution is 6.04. The highest BCUT2D eigenvalue weighted by Crippen LogP contribution is 2.39. The minimum atomic E-state index is 0.170. The Balaban J connectivity index is 1.97. The summed E-state index contributed by atoms with van der Waals surface area (Å²) in [5, 5.41) is 0. The van der Waals surface area contributed by atoms with Crippen LogP contribution in [0, 0.1) is 13.8 Å². The molecular formula is C25H23NO. The van der Waals surface area contributed by atoms with Gasteiger partial charge >= 0.3 is 0 Å².